The van der Waals surface area contributed by atoms with Crippen LogP contribution in [0.15, 0.2) is 60.8 Å². The number of rotatable bonds is 4. The number of H-pyrrole nitrogens is 1. The maximum Gasteiger partial charge on any atom is 0.256 e. The third-order valence-electron chi connectivity index (χ3n) is 6.02. The fourth-order valence-electron chi connectivity index (χ4n) is 4.16. The van der Waals surface area contributed by atoms with Crippen molar-refractivity contribution in [3.8, 4) is 0 Å². The lowest BCUT2D eigenvalue weighted by Crippen LogP contribution is -2.36. The SMILES string of the molecule is Cc1cccc2[nH]c(C3(c4ccc(NC(=O)c5cccc(Cl)c5)nc4)CCC3)nc12. The Morgan fingerprint density at radius 3 is 2.63 bits per heavy atom. The molecule has 5 rings (SSSR count). The van der Waals surface area contributed by atoms with Gasteiger partial charge in [0.25, 0.3) is 5.91 Å². The van der Waals surface area contributed by atoms with E-state index in [4.69, 9.17) is 16.6 Å². The van der Waals surface area contributed by atoms with Crippen molar-refractivity contribution in [2.75, 3.05) is 5.32 Å². The van der Waals surface area contributed by atoms with Crippen LogP contribution >= 0.6 is 11.6 Å². The van der Waals surface area contributed by atoms with Gasteiger partial charge in [0.1, 0.15) is 11.6 Å². The Morgan fingerprint density at radius 1 is 1.13 bits per heavy atom. The Bertz CT molecular complexity index is 1240. The van der Waals surface area contributed by atoms with E-state index in [0.717, 1.165) is 41.7 Å². The molecule has 1 saturated carbocycles. The summed E-state index contributed by atoms with van der Waals surface area (Å²) in [5.41, 5.74) is 4.73. The normalized spacial score (nSPS) is 15.0. The number of amides is 1. The predicted molar refractivity (Wildman–Crippen MR) is 119 cm³/mol. The van der Waals surface area contributed by atoms with Crippen LogP contribution in [0.25, 0.3) is 11.0 Å². The number of benzene rings is 2. The molecule has 0 unspecified atom stereocenters. The first-order valence-electron chi connectivity index (χ1n) is 10.0. The van der Waals surface area contributed by atoms with Crippen LogP contribution in [-0.4, -0.2) is 20.9 Å². The summed E-state index contributed by atoms with van der Waals surface area (Å²) in [6.45, 7) is 2.08. The van der Waals surface area contributed by atoms with E-state index in [1.165, 1.54) is 5.56 Å². The van der Waals surface area contributed by atoms with Gasteiger partial charge in [-0.1, -0.05) is 42.3 Å². The number of aromatic amines is 1. The molecule has 0 radical (unpaired) electrons. The van der Waals surface area contributed by atoms with Gasteiger partial charge in [0, 0.05) is 16.8 Å². The quantitative estimate of drug-likeness (QED) is 0.452. The third-order valence-corrected chi connectivity index (χ3v) is 6.25. The maximum atomic E-state index is 12.4. The molecule has 0 saturated heterocycles. The number of nitrogens with zero attached hydrogens (tertiary/aromatic N) is 2. The summed E-state index contributed by atoms with van der Waals surface area (Å²) >= 11 is 5.98. The van der Waals surface area contributed by atoms with Crippen molar-refractivity contribution in [3.63, 3.8) is 0 Å². The molecule has 1 aliphatic rings. The second kappa shape index (κ2) is 7.26. The van der Waals surface area contributed by atoms with Gasteiger partial charge < -0.3 is 10.3 Å². The summed E-state index contributed by atoms with van der Waals surface area (Å²) in [7, 11) is 0. The first-order chi connectivity index (χ1) is 14.5. The molecule has 2 aromatic heterocycles. The average Bonchev–Trinajstić information content (AvgIpc) is 3.14. The first-order valence-corrected chi connectivity index (χ1v) is 10.4. The van der Waals surface area contributed by atoms with Crippen LogP contribution in [0.5, 0.6) is 0 Å². The maximum absolute atomic E-state index is 12.4. The number of aryl methyl sites for hydroxylation is 1. The summed E-state index contributed by atoms with van der Waals surface area (Å²) in [6.07, 6.45) is 5.07. The van der Waals surface area contributed by atoms with Crippen molar-refractivity contribution < 1.29 is 4.79 Å². The second-order valence-corrected chi connectivity index (χ2v) is 8.33. The molecule has 4 aromatic rings. The van der Waals surface area contributed by atoms with Crippen LogP contribution in [-0.2, 0) is 5.41 Å². The summed E-state index contributed by atoms with van der Waals surface area (Å²) in [5.74, 6) is 1.28. The Morgan fingerprint density at radius 2 is 1.97 bits per heavy atom. The summed E-state index contributed by atoms with van der Waals surface area (Å²) in [6, 6.07) is 16.9. The predicted octanol–water partition coefficient (Wildman–Crippen LogP) is 5.64. The van der Waals surface area contributed by atoms with E-state index in [9.17, 15) is 4.79 Å². The minimum Gasteiger partial charge on any atom is -0.341 e. The van der Waals surface area contributed by atoms with Gasteiger partial charge in [0.15, 0.2) is 0 Å². The van der Waals surface area contributed by atoms with E-state index in [-0.39, 0.29) is 11.3 Å². The number of imidazole rings is 1. The monoisotopic (exact) mass is 416 g/mol. The molecule has 2 N–H and O–H groups in total. The Kier molecular flexibility index (Phi) is 4.55. The Hall–Kier alpha value is -3.18. The van der Waals surface area contributed by atoms with Crippen LogP contribution in [0.2, 0.25) is 5.02 Å². The molecule has 0 atom stereocenters. The van der Waals surface area contributed by atoms with Crippen LogP contribution in [0.4, 0.5) is 5.82 Å². The molecule has 30 heavy (non-hydrogen) atoms. The topological polar surface area (TPSA) is 70.7 Å². The largest absolute Gasteiger partial charge is 0.341 e. The van der Waals surface area contributed by atoms with Gasteiger partial charge >= 0.3 is 0 Å². The van der Waals surface area contributed by atoms with E-state index >= 15 is 0 Å². The molecule has 0 spiro atoms. The van der Waals surface area contributed by atoms with Crippen molar-refractivity contribution in [3.05, 3.63) is 88.3 Å². The van der Waals surface area contributed by atoms with Gasteiger partial charge in [0.2, 0.25) is 0 Å². The highest BCUT2D eigenvalue weighted by molar-refractivity contribution is 6.31. The van der Waals surface area contributed by atoms with Crippen molar-refractivity contribution in [2.45, 2.75) is 31.6 Å². The number of anilines is 1. The number of nitrogens with one attached hydrogen (secondary N) is 2. The summed E-state index contributed by atoms with van der Waals surface area (Å²) < 4.78 is 0. The zero-order valence-corrected chi connectivity index (χ0v) is 17.3. The summed E-state index contributed by atoms with van der Waals surface area (Å²) in [4.78, 5) is 25.4. The van der Waals surface area contributed by atoms with Crippen molar-refractivity contribution in [1.82, 2.24) is 15.0 Å². The van der Waals surface area contributed by atoms with Crippen molar-refractivity contribution >= 4 is 34.4 Å². The van der Waals surface area contributed by atoms with E-state index in [1.54, 1.807) is 24.3 Å². The molecule has 6 heteroatoms. The molecular weight excluding hydrogens is 396 g/mol. The third kappa shape index (κ3) is 3.15. The number of halogens is 1. The summed E-state index contributed by atoms with van der Waals surface area (Å²) in [5, 5.41) is 3.36. The van der Waals surface area contributed by atoms with Gasteiger partial charge in [-0.25, -0.2) is 9.97 Å². The molecule has 5 nitrogen and oxygen atoms in total. The number of hydrogen-bond donors (Lipinski definition) is 2. The fraction of sp³-hybridized carbons (Fsp3) is 0.208. The average molecular weight is 417 g/mol. The highest BCUT2D eigenvalue weighted by Gasteiger charge is 2.43. The molecular formula is C24H21ClN4O. The lowest BCUT2D eigenvalue weighted by Gasteiger charge is -2.40. The minimum atomic E-state index is -0.233. The number of carbonyl (C=O) groups is 1. The van der Waals surface area contributed by atoms with Crippen LogP contribution < -0.4 is 5.32 Å². The van der Waals surface area contributed by atoms with E-state index in [1.807, 2.05) is 24.4 Å². The molecule has 2 heterocycles. The number of hydrogen-bond acceptors (Lipinski definition) is 3. The number of aromatic nitrogens is 3. The van der Waals surface area contributed by atoms with Gasteiger partial charge in [-0.05, 0) is 61.2 Å². The van der Waals surface area contributed by atoms with E-state index < -0.39 is 0 Å². The van der Waals surface area contributed by atoms with Gasteiger partial charge in [0.05, 0.1) is 16.4 Å². The smallest absolute Gasteiger partial charge is 0.256 e. The lowest BCUT2D eigenvalue weighted by atomic mass is 9.64. The van der Waals surface area contributed by atoms with Crippen LogP contribution in [0.1, 0.15) is 46.6 Å². The van der Waals surface area contributed by atoms with Crippen LogP contribution in [0.3, 0.4) is 0 Å². The second-order valence-electron chi connectivity index (χ2n) is 7.89. The van der Waals surface area contributed by atoms with Gasteiger partial charge in [-0.15, -0.1) is 0 Å². The van der Waals surface area contributed by atoms with Gasteiger partial charge in [-0.3, -0.25) is 4.79 Å². The van der Waals surface area contributed by atoms with Gasteiger partial charge in [-0.2, -0.15) is 0 Å². The fourth-order valence-corrected chi connectivity index (χ4v) is 4.35. The number of pyridine rings is 1. The molecule has 1 aliphatic carbocycles. The Labute approximate surface area is 179 Å². The van der Waals surface area contributed by atoms with E-state index in [2.05, 4.69) is 34.3 Å². The first kappa shape index (κ1) is 18.8. The minimum absolute atomic E-state index is 0.145. The van der Waals surface area contributed by atoms with Crippen molar-refractivity contribution in [1.29, 1.82) is 0 Å². The number of para-hydroxylation sites is 1. The molecule has 0 aliphatic heterocycles. The highest BCUT2D eigenvalue weighted by atomic mass is 35.5. The molecule has 0 bridgehead atoms. The number of fused-ring (bicyclic) bond motifs is 1. The zero-order valence-electron chi connectivity index (χ0n) is 16.6. The molecule has 2 aromatic carbocycles. The number of carbonyl (C=O) groups excluding carboxylic acids is 1. The van der Waals surface area contributed by atoms with Crippen molar-refractivity contribution in [2.24, 2.45) is 0 Å². The molecule has 1 amide bonds. The lowest BCUT2D eigenvalue weighted by molar-refractivity contribution is 0.102. The Balaban J connectivity index is 1.42. The highest BCUT2D eigenvalue weighted by Crippen LogP contribution is 2.48. The molecule has 1 fully saturated rings. The standard InChI is InChI=1S/C24H21ClN4O/c1-15-5-2-8-19-21(15)29-23(27-19)24(11-4-12-24)17-9-10-20(26-14-17)28-22(30)16-6-3-7-18(25)13-16/h2-3,5-10,13-14H,4,11-12H2,1H3,(H,27,29)(H,26,28,30). The van der Waals surface area contributed by atoms with E-state index in [0.29, 0.717) is 16.4 Å². The van der Waals surface area contributed by atoms with Crippen LogP contribution in [0, 0.1) is 6.92 Å². The zero-order chi connectivity index (χ0) is 20.7. The molecule has 150 valence electrons.